The Bertz CT molecular complexity index is 505. The average Bonchev–Trinajstić information content (AvgIpc) is 2.98. The van der Waals surface area contributed by atoms with Crippen LogP contribution in [0.4, 0.5) is 5.69 Å². The number of nitrogens with one attached hydrogen (secondary N) is 1. The Morgan fingerprint density at radius 3 is 2.89 bits per heavy atom. The number of fused-ring (bicyclic) bond motifs is 2. The first-order valence-electron chi connectivity index (χ1n) is 6.76. The van der Waals surface area contributed by atoms with Gasteiger partial charge in [-0.3, -0.25) is 0 Å². The van der Waals surface area contributed by atoms with Crippen LogP contribution in [-0.2, 0) is 9.53 Å². The number of hydrogen-bond acceptors (Lipinski definition) is 3. The molecular weight excluding hydrogens is 306 g/mol. The molecule has 1 aromatic rings. The minimum Gasteiger partial charge on any atom is -0.467 e. The van der Waals surface area contributed by atoms with Crippen molar-refractivity contribution >= 4 is 27.6 Å². The Kier molecular flexibility index (Phi) is 3.29. The highest BCUT2D eigenvalue weighted by Crippen LogP contribution is 2.52. The number of carbonyl (C=O) groups is 1. The normalized spacial score (nSPS) is 32.3. The second kappa shape index (κ2) is 4.82. The summed E-state index contributed by atoms with van der Waals surface area (Å²) >= 11 is 3.47. The van der Waals surface area contributed by atoms with Crippen molar-refractivity contribution in [2.75, 3.05) is 12.4 Å². The summed E-state index contributed by atoms with van der Waals surface area (Å²) in [4.78, 5) is 12.3. The van der Waals surface area contributed by atoms with Crippen molar-refractivity contribution in [3.63, 3.8) is 0 Å². The van der Waals surface area contributed by atoms with Gasteiger partial charge in [-0.15, -0.1) is 0 Å². The number of anilines is 1. The van der Waals surface area contributed by atoms with Gasteiger partial charge >= 0.3 is 5.97 Å². The first-order chi connectivity index (χ1) is 9.14. The number of benzene rings is 1. The van der Waals surface area contributed by atoms with E-state index in [0.717, 1.165) is 29.4 Å². The number of hydrogen-bond donors (Lipinski definition) is 1. The standard InChI is InChI=1S/C15H18BrNO2/c1-19-14(18)15(9-10-5-6-11(15)7-10)17-13-4-2-3-12(16)8-13/h2-4,8,10-11,17H,5-7,9H2,1H3. The lowest BCUT2D eigenvalue weighted by Gasteiger charge is -2.36. The zero-order valence-corrected chi connectivity index (χ0v) is 12.6. The summed E-state index contributed by atoms with van der Waals surface area (Å²) in [6.07, 6.45) is 4.43. The molecule has 1 aromatic carbocycles. The predicted molar refractivity (Wildman–Crippen MR) is 78.0 cm³/mol. The topological polar surface area (TPSA) is 38.3 Å². The molecule has 102 valence electrons. The van der Waals surface area contributed by atoms with E-state index in [9.17, 15) is 4.79 Å². The first-order valence-corrected chi connectivity index (χ1v) is 7.55. The van der Waals surface area contributed by atoms with Crippen LogP contribution in [0, 0.1) is 11.8 Å². The molecule has 3 nitrogen and oxygen atoms in total. The van der Waals surface area contributed by atoms with Crippen LogP contribution < -0.4 is 5.32 Å². The molecule has 19 heavy (non-hydrogen) atoms. The number of halogens is 1. The van der Waals surface area contributed by atoms with Crippen LogP contribution in [0.3, 0.4) is 0 Å². The highest BCUT2D eigenvalue weighted by Gasteiger charge is 2.56. The Balaban J connectivity index is 1.91. The largest absolute Gasteiger partial charge is 0.467 e. The fourth-order valence-corrected chi connectivity index (χ4v) is 4.19. The van der Waals surface area contributed by atoms with Crippen LogP contribution in [0.2, 0.25) is 0 Å². The van der Waals surface area contributed by atoms with E-state index in [4.69, 9.17) is 4.74 Å². The molecule has 0 radical (unpaired) electrons. The van der Waals surface area contributed by atoms with Gasteiger partial charge in [-0.05, 0) is 55.7 Å². The molecule has 0 aliphatic heterocycles. The van der Waals surface area contributed by atoms with Crippen molar-refractivity contribution in [2.45, 2.75) is 31.2 Å². The van der Waals surface area contributed by atoms with Crippen LogP contribution in [0.25, 0.3) is 0 Å². The summed E-state index contributed by atoms with van der Waals surface area (Å²) in [5.74, 6) is 0.965. The van der Waals surface area contributed by atoms with Crippen LogP contribution >= 0.6 is 15.9 Å². The van der Waals surface area contributed by atoms with E-state index in [0.29, 0.717) is 11.8 Å². The lowest BCUT2D eigenvalue weighted by Crippen LogP contribution is -2.51. The van der Waals surface area contributed by atoms with E-state index in [1.807, 2.05) is 24.3 Å². The first kappa shape index (κ1) is 13.0. The summed E-state index contributed by atoms with van der Waals surface area (Å²) in [6.45, 7) is 0. The molecule has 2 saturated carbocycles. The highest BCUT2D eigenvalue weighted by atomic mass is 79.9. The van der Waals surface area contributed by atoms with E-state index < -0.39 is 5.54 Å². The fourth-order valence-electron chi connectivity index (χ4n) is 3.79. The number of methoxy groups -OCH3 is 1. The molecule has 0 heterocycles. The van der Waals surface area contributed by atoms with Gasteiger partial charge in [-0.2, -0.15) is 0 Å². The Hall–Kier alpha value is -1.03. The van der Waals surface area contributed by atoms with Crippen LogP contribution in [0.15, 0.2) is 28.7 Å². The lowest BCUT2D eigenvalue weighted by atomic mass is 9.80. The van der Waals surface area contributed by atoms with Gasteiger partial charge in [0.15, 0.2) is 0 Å². The number of esters is 1. The predicted octanol–water partition coefficient (Wildman–Crippen LogP) is 3.59. The van der Waals surface area contributed by atoms with E-state index in [-0.39, 0.29) is 5.97 Å². The highest BCUT2D eigenvalue weighted by molar-refractivity contribution is 9.10. The Labute approximate surface area is 121 Å². The van der Waals surface area contributed by atoms with Gasteiger partial charge in [-0.1, -0.05) is 22.0 Å². The van der Waals surface area contributed by atoms with Crippen LogP contribution in [-0.4, -0.2) is 18.6 Å². The third-order valence-electron chi connectivity index (χ3n) is 4.59. The van der Waals surface area contributed by atoms with E-state index in [1.54, 1.807) is 0 Å². The molecule has 1 N–H and O–H groups in total. The van der Waals surface area contributed by atoms with Gasteiger partial charge < -0.3 is 10.1 Å². The molecule has 0 amide bonds. The van der Waals surface area contributed by atoms with Crippen molar-refractivity contribution in [2.24, 2.45) is 11.8 Å². The molecule has 3 unspecified atom stereocenters. The van der Waals surface area contributed by atoms with Gasteiger partial charge in [0.25, 0.3) is 0 Å². The number of ether oxygens (including phenoxy) is 1. The van der Waals surface area contributed by atoms with Crippen molar-refractivity contribution in [1.82, 2.24) is 0 Å². The molecular formula is C15H18BrNO2. The molecule has 3 rings (SSSR count). The third kappa shape index (κ3) is 2.16. The van der Waals surface area contributed by atoms with Crippen molar-refractivity contribution < 1.29 is 9.53 Å². The van der Waals surface area contributed by atoms with E-state index in [2.05, 4.69) is 21.2 Å². The lowest BCUT2D eigenvalue weighted by molar-refractivity contribution is -0.148. The van der Waals surface area contributed by atoms with Crippen molar-refractivity contribution in [3.05, 3.63) is 28.7 Å². The quantitative estimate of drug-likeness (QED) is 0.864. The maximum atomic E-state index is 12.3. The molecule has 0 aromatic heterocycles. The molecule has 2 bridgehead atoms. The third-order valence-corrected chi connectivity index (χ3v) is 5.08. The van der Waals surface area contributed by atoms with E-state index in [1.165, 1.54) is 13.5 Å². The maximum Gasteiger partial charge on any atom is 0.331 e. The molecule has 2 aliphatic rings. The molecule has 3 atom stereocenters. The number of carbonyl (C=O) groups excluding carboxylic acids is 1. The Morgan fingerprint density at radius 2 is 2.32 bits per heavy atom. The average molecular weight is 324 g/mol. The van der Waals surface area contributed by atoms with Crippen molar-refractivity contribution in [1.29, 1.82) is 0 Å². The zero-order chi connectivity index (χ0) is 13.5. The smallest absolute Gasteiger partial charge is 0.331 e. The van der Waals surface area contributed by atoms with Crippen LogP contribution in [0.1, 0.15) is 25.7 Å². The van der Waals surface area contributed by atoms with Crippen molar-refractivity contribution in [3.8, 4) is 0 Å². The molecule has 2 aliphatic carbocycles. The minimum atomic E-state index is -0.515. The monoisotopic (exact) mass is 323 g/mol. The summed E-state index contributed by atoms with van der Waals surface area (Å²) in [5.41, 5.74) is 0.464. The summed E-state index contributed by atoms with van der Waals surface area (Å²) < 4.78 is 6.09. The summed E-state index contributed by atoms with van der Waals surface area (Å²) in [5, 5.41) is 3.47. The van der Waals surface area contributed by atoms with E-state index >= 15 is 0 Å². The second-order valence-electron chi connectivity index (χ2n) is 5.68. The molecule has 4 heteroatoms. The van der Waals surface area contributed by atoms with Gasteiger partial charge in [-0.25, -0.2) is 4.79 Å². The molecule has 0 saturated heterocycles. The minimum absolute atomic E-state index is 0.111. The van der Waals surface area contributed by atoms with Gasteiger partial charge in [0, 0.05) is 10.2 Å². The van der Waals surface area contributed by atoms with Gasteiger partial charge in [0.2, 0.25) is 0 Å². The summed E-state index contributed by atoms with van der Waals surface area (Å²) in [6, 6.07) is 7.97. The molecule has 2 fully saturated rings. The maximum absolute atomic E-state index is 12.3. The molecule has 0 spiro atoms. The SMILES string of the molecule is COC(=O)C1(Nc2cccc(Br)c2)CC2CCC1C2. The second-order valence-corrected chi connectivity index (χ2v) is 6.59. The van der Waals surface area contributed by atoms with Crippen LogP contribution in [0.5, 0.6) is 0 Å². The summed E-state index contributed by atoms with van der Waals surface area (Å²) in [7, 11) is 1.48. The van der Waals surface area contributed by atoms with Gasteiger partial charge in [0.05, 0.1) is 7.11 Å². The zero-order valence-electron chi connectivity index (χ0n) is 11.0. The van der Waals surface area contributed by atoms with Gasteiger partial charge in [0.1, 0.15) is 5.54 Å². The number of rotatable bonds is 3. The Morgan fingerprint density at radius 1 is 1.47 bits per heavy atom. The fraction of sp³-hybridized carbons (Fsp3) is 0.533.